The molecule has 1 amide bonds. The van der Waals surface area contributed by atoms with Gasteiger partial charge in [0, 0.05) is 29.2 Å². The first kappa shape index (κ1) is 13.7. The number of nitrogens with one attached hydrogen (secondary N) is 4. The lowest BCUT2D eigenvalue weighted by Crippen LogP contribution is -3.12. The van der Waals surface area contributed by atoms with Crippen LogP contribution in [0.3, 0.4) is 0 Å². The standard InChI is InChI=1S/C16H20N4O/c1-2-20-9-7-12(8-10-20)18-19-16(21)14-11-17-15-6-4-3-5-13(14)15/h3-7,11,17-18H,2,8-10H2,1H3,(H,19,21)/p+1. The van der Waals surface area contributed by atoms with Gasteiger partial charge in [0.15, 0.2) is 0 Å². The molecule has 1 aromatic heterocycles. The second-order valence-electron chi connectivity index (χ2n) is 5.36. The number of amides is 1. The summed E-state index contributed by atoms with van der Waals surface area (Å²) < 4.78 is 0. The van der Waals surface area contributed by atoms with Gasteiger partial charge in [-0.05, 0) is 19.1 Å². The smallest absolute Gasteiger partial charge is 0.271 e. The van der Waals surface area contributed by atoms with Gasteiger partial charge in [-0.3, -0.25) is 10.2 Å². The van der Waals surface area contributed by atoms with Gasteiger partial charge >= 0.3 is 0 Å². The predicted octanol–water partition coefficient (Wildman–Crippen LogP) is 0.595. The van der Waals surface area contributed by atoms with Crippen LogP contribution in [0.2, 0.25) is 0 Å². The Morgan fingerprint density at radius 2 is 2.24 bits per heavy atom. The van der Waals surface area contributed by atoms with Gasteiger partial charge in [0.25, 0.3) is 5.91 Å². The van der Waals surface area contributed by atoms with Crippen LogP contribution in [0.1, 0.15) is 23.7 Å². The lowest BCUT2D eigenvalue weighted by Gasteiger charge is -2.22. The molecule has 0 saturated heterocycles. The van der Waals surface area contributed by atoms with E-state index in [1.165, 1.54) is 0 Å². The number of hydrogen-bond donors (Lipinski definition) is 4. The van der Waals surface area contributed by atoms with Crippen LogP contribution < -0.4 is 15.8 Å². The molecule has 2 heterocycles. The number of rotatable bonds is 4. The van der Waals surface area contributed by atoms with E-state index in [-0.39, 0.29) is 5.91 Å². The number of H-pyrrole nitrogens is 1. The van der Waals surface area contributed by atoms with Crippen LogP contribution in [-0.4, -0.2) is 30.5 Å². The molecule has 0 aliphatic carbocycles. The molecule has 0 fully saturated rings. The maximum atomic E-state index is 12.3. The van der Waals surface area contributed by atoms with E-state index in [2.05, 4.69) is 28.8 Å². The van der Waals surface area contributed by atoms with Gasteiger partial charge < -0.3 is 15.3 Å². The molecule has 110 valence electrons. The first-order valence-electron chi connectivity index (χ1n) is 7.43. The summed E-state index contributed by atoms with van der Waals surface area (Å²) in [6, 6.07) is 7.80. The molecule has 5 heteroatoms. The predicted molar refractivity (Wildman–Crippen MR) is 82.8 cm³/mol. The molecule has 0 spiro atoms. The van der Waals surface area contributed by atoms with Crippen molar-refractivity contribution in [1.82, 2.24) is 15.8 Å². The molecule has 3 rings (SSSR count). The summed E-state index contributed by atoms with van der Waals surface area (Å²) in [5, 5.41) is 0.941. The average Bonchev–Trinajstić information content (AvgIpc) is 2.97. The fourth-order valence-corrected chi connectivity index (χ4v) is 2.68. The Morgan fingerprint density at radius 3 is 3.00 bits per heavy atom. The fourth-order valence-electron chi connectivity index (χ4n) is 2.68. The van der Waals surface area contributed by atoms with Crippen LogP contribution in [0.15, 0.2) is 42.2 Å². The number of quaternary nitrogens is 1. The fraction of sp³-hybridized carbons (Fsp3) is 0.312. The SMILES string of the molecule is CC[NH+]1CC=C(NNC(=O)c2c[nH]c3ccccc23)CC1. The largest absolute Gasteiger partial charge is 0.360 e. The molecular formula is C16H21N4O+. The van der Waals surface area contributed by atoms with Crippen molar-refractivity contribution in [2.24, 2.45) is 0 Å². The molecule has 0 saturated carbocycles. The molecule has 0 radical (unpaired) electrons. The van der Waals surface area contributed by atoms with Crippen molar-refractivity contribution < 1.29 is 9.69 Å². The number of aromatic amines is 1. The van der Waals surface area contributed by atoms with Crippen LogP contribution >= 0.6 is 0 Å². The first-order valence-corrected chi connectivity index (χ1v) is 7.43. The molecule has 4 N–H and O–H groups in total. The van der Waals surface area contributed by atoms with Crippen LogP contribution in [-0.2, 0) is 0 Å². The maximum Gasteiger partial charge on any atom is 0.271 e. The van der Waals surface area contributed by atoms with Gasteiger partial charge in [0.1, 0.15) is 0 Å². The Kier molecular flexibility index (Phi) is 3.92. The van der Waals surface area contributed by atoms with Crippen molar-refractivity contribution in [2.75, 3.05) is 19.6 Å². The Hall–Kier alpha value is -2.27. The highest BCUT2D eigenvalue weighted by Gasteiger charge is 2.15. The number of para-hydroxylation sites is 1. The van der Waals surface area contributed by atoms with Gasteiger partial charge in [0.2, 0.25) is 0 Å². The quantitative estimate of drug-likeness (QED) is 0.622. The minimum absolute atomic E-state index is 0.112. The minimum Gasteiger partial charge on any atom is -0.360 e. The topological polar surface area (TPSA) is 61.4 Å². The van der Waals surface area contributed by atoms with E-state index < -0.39 is 0 Å². The highest BCUT2D eigenvalue weighted by molar-refractivity contribution is 6.06. The van der Waals surface area contributed by atoms with Crippen molar-refractivity contribution in [2.45, 2.75) is 13.3 Å². The molecule has 1 aliphatic rings. The van der Waals surface area contributed by atoms with E-state index in [0.717, 1.165) is 42.7 Å². The second kappa shape index (κ2) is 6.01. The normalized spacial score (nSPS) is 18.3. The van der Waals surface area contributed by atoms with Gasteiger partial charge in [-0.15, -0.1) is 0 Å². The van der Waals surface area contributed by atoms with Crippen molar-refractivity contribution in [3.8, 4) is 0 Å². The number of aromatic nitrogens is 1. The summed E-state index contributed by atoms with van der Waals surface area (Å²) >= 11 is 0. The highest BCUT2D eigenvalue weighted by Crippen LogP contribution is 2.17. The number of hydrogen-bond acceptors (Lipinski definition) is 2. The summed E-state index contributed by atoms with van der Waals surface area (Å²) in [6.45, 7) is 5.46. The Bertz CT molecular complexity index is 674. The monoisotopic (exact) mass is 285 g/mol. The summed E-state index contributed by atoms with van der Waals surface area (Å²) in [6.07, 6.45) is 4.88. The summed E-state index contributed by atoms with van der Waals surface area (Å²) in [7, 11) is 0. The van der Waals surface area contributed by atoms with Gasteiger partial charge in [-0.2, -0.15) is 0 Å². The maximum absolute atomic E-state index is 12.3. The van der Waals surface area contributed by atoms with E-state index in [4.69, 9.17) is 0 Å². The van der Waals surface area contributed by atoms with Gasteiger partial charge in [-0.25, -0.2) is 0 Å². The minimum atomic E-state index is -0.112. The molecule has 1 aromatic carbocycles. The van der Waals surface area contributed by atoms with Crippen molar-refractivity contribution in [3.63, 3.8) is 0 Å². The lowest BCUT2D eigenvalue weighted by molar-refractivity contribution is -0.893. The zero-order chi connectivity index (χ0) is 14.7. The molecule has 0 bridgehead atoms. The molecule has 1 aliphatic heterocycles. The number of fused-ring (bicyclic) bond motifs is 1. The Labute approximate surface area is 124 Å². The molecule has 1 atom stereocenters. The third-order valence-electron chi connectivity index (χ3n) is 4.06. The van der Waals surface area contributed by atoms with E-state index in [1.807, 2.05) is 24.3 Å². The van der Waals surface area contributed by atoms with Gasteiger partial charge in [-0.1, -0.05) is 18.2 Å². The number of likely N-dealkylation sites (N-methyl/N-ethyl adjacent to an activating group) is 1. The summed E-state index contributed by atoms with van der Waals surface area (Å²) in [4.78, 5) is 16.9. The van der Waals surface area contributed by atoms with Crippen molar-refractivity contribution in [1.29, 1.82) is 0 Å². The van der Waals surface area contributed by atoms with Crippen molar-refractivity contribution in [3.05, 3.63) is 47.8 Å². The molecular weight excluding hydrogens is 264 g/mol. The second-order valence-corrected chi connectivity index (χ2v) is 5.36. The van der Waals surface area contributed by atoms with Crippen LogP contribution in [0.4, 0.5) is 0 Å². The molecule has 2 aromatic rings. The first-order chi connectivity index (χ1) is 10.3. The average molecular weight is 285 g/mol. The van der Waals surface area contributed by atoms with Crippen molar-refractivity contribution >= 4 is 16.8 Å². The van der Waals surface area contributed by atoms with E-state index in [0.29, 0.717) is 5.56 Å². The summed E-state index contributed by atoms with van der Waals surface area (Å²) in [5.41, 5.74) is 8.58. The van der Waals surface area contributed by atoms with Crippen LogP contribution in [0.5, 0.6) is 0 Å². The van der Waals surface area contributed by atoms with Gasteiger partial charge in [0.05, 0.1) is 25.2 Å². The third-order valence-corrected chi connectivity index (χ3v) is 4.06. The number of benzene rings is 1. The number of carbonyl (C=O) groups excluding carboxylic acids is 1. The van der Waals surface area contributed by atoms with E-state index >= 15 is 0 Å². The van der Waals surface area contributed by atoms with E-state index in [9.17, 15) is 4.79 Å². The highest BCUT2D eigenvalue weighted by atomic mass is 16.2. The van der Waals surface area contributed by atoms with E-state index in [1.54, 1.807) is 11.1 Å². The molecule has 5 nitrogen and oxygen atoms in total. The molecule has 21 heavy (non-hydrogen) atoms. The molecule has 1 unspecified atom stereocenters. The zero-order valence-corrected chi connectivity index (χ0v) is 12.2. The summed E-state index contributed by atoms with van der Waals surface area (Å²) in [5.74, 6) is -0.112. The third kappa shape index (κ3) is 2.92. The zero-order valence-electron chi connectivity index (χ0n) is 12.2. The Balaban J connectivity index is 1.63. The Morgan fingerprint density at radius 1 is 1.38 bits per heavy atom. The van der Waals surface area contributed by atoms with Crippen LogP contribution in [0.25, 0.3) is 10.9 Å². The number of carbonyl (C=O) groups is 1. The number of hydrazine groups is 1. The lowest BCUT2D eigenvalue weighted by atomic mass is 10.2. The van der Waals surface area contributed by atoms with Crippen LogP contribution in [0, 0.1) is 0 Å².